The van der Waals surface area contributed by atoms with E-state index in [1.165, 1.54) is 17.0 Å². The maximum absolute atomic E-state index is 13.8. The molecule has 7 heteroatoms. The van der Waals surface area contributed by atoms with Crippen LogP contribution in [0.4, 0.5) is 10.1 Å². The zero-order chi connectivity index (χ0) is 18.0. The van der Waals surface area contributed by atoms with Crippen molar-refractivity contribution >= 4 is 35.0 Å². The molecule has 0 bridgehead atoms. The molecule has 1 saturated heterocycles. The van der Waals surface area contributed by atoms with Gasteiger partial charge in [0.05, 0.1) is 17.1 Å². The zero-order valence-electron chi connectivity index (χ0n) is 13.1. The lowest BCUT2D eigenvalue weighted by atomic mass is 10.1. The Hall–Kier alpha value is -2.73. The molecule has 1 fully saturated rings. The second-order valence-corrected chi connectivity index (χ2v) is 6.03. The smallest absolute Gasteiger partial charge is 0.260 e. The molecule has 2 aromatic carbocycles. The average molecular weight is 361 g/mol. The number of likely N-dealkylation sites (tertiary alicyclic amines) is 1. The quantitative estimate of drug-likeness (QED) is 0.850. The molecule has 0 saturated carbocycles. The summed E-state index contributed by atoms with van der Waals surface area (Å²) in [5, 5.41) is 2.60. The minimum Gasteiger partial charge on any atom is -0.322 e. The summed E-state index contributed by atoms with van der Waals surface area (Å²) in [6, 6.07) is 10.6. The van der Waals surface area contributed by atoms with E-state index in [-0.39, 0.29) is 41.8 Å². The predicted molar refractivity (Wildman–Crippen MR) is 90.6 cm³/mol. The fraction of sp³-hybridized carbons (Fsp3) is 0.167. The Labute approximate surface area is 148 Å². The summed E-state index contributed by atoms with van der Waals surface area (Å²) in [4.78, 5) is 36.6. The number of halogens is 2. The van der Waals surface area contributed by atoms with Crippen molar-refractivity contribution in [1.82, 2.24) is 4.90 Å². The topological polar surface area (TPSA) is 66.5 Å². The van der Waals surface area contributed by atoms with Gasteiger partial charge in [0.25, 0.3) is 5.91 Å². The Kier molecular flexibility index (Phi) is 4.81. The number of anilines is 1. The van der Waals surface area contributed by atoms with Gasteiger partial charge in [-0.25, -0.2) is 4.39 Å². The molecule has 1 heterocycles. The van der Waals surface area contributed by atoms with Gasteiger partial charge in [-0.15, -0.1) is 0 Å². The number of nitrogens with zero attached hydrogens (tertiary/aromatic N) is 1. The second-order valence-electron chi connectivity index (χ2n) is 5.62. The Balaban J connectivity index is 1.69. The molecule has 25 heavy (non-hydrogen) atoms. The number of hydrogen-bond donors (Lipinski definition) is 1. The van der Waals surface area contributed by atoms with Gasteiger partial charge in [0.1, 0.15) is 5.82 Å². The van der Waals surface area contributed by atoms with E-state index in [9.17, 15) is 18.8 Å². The van der Waals surface area contributed by atoms with E-state index in [0.29, 0.717) is 5.69 Å². The number of rotatable bonds is 4. The lowest BCUT2D eigenvalue weighted by Crippen LogP contribution is -2.28. The first-order chi connectivity index (χ1) is 12.0. The van der Waals surface area contributed by atoms with Crippen LogP contribution in [0.2, 0.25) is 5.02 Å². The fourth-order valence-corrected chi connectivity index (χ4v) is 2.83. The highest BCUT2D eigenvalue weighted by molar-refractivity contribution is 6.34. The lowest BCUT2D eigenvalue weighted by Gasteiger charge is -2.14. The van der Waals surface area contributed by atoms with Crippen LogP contribution in [0.5, 0.6) is 0 Å². The van der Waals surface area contributed by atoms with Crippen LogP contribution in [0.15, 0.2) is 42.5 Å². The number of nitrogens with one attached hydrogen (secondary N) is 1. The standard InChI is InChI=1S/C18H14ClFN2O3/c19-13-2-1-3-14(20)17(13)18(25)21-12-6-4-11(5-7-12)10-22-15(23)8-9-16(22)24/h1-7H,8-10H2,(H,21,25). The van der Waals surface area contributed by atoms with Crippen molar-refractivity contribution in [1.29, 1.82) is 0 Å². The van der Waals surface area contributed by atoms with Crippen LogP contribution in [0, 0.1) is 5.82 Å². The number of benzene rings is 2. The third-order valence-corrected chi connectivity index (χ3v) is 4.21. The van der Waals surface area contributed by atoms with Gasteiger partial charge < -0.3 is 5.32 Å². The first-order valence-electron chi connectivity index (χ1n) is 7.63. The lowest BCUT2D eigenvalue weighted by molar-refractivity contribution is -0.139. The molecule has 1 aliphatic rings. The summed E-state index contributed by atoms with van der Waals surface area (Å²) >= 11 is 5.87. The van der Waals surface area contributed by atoms with Gasteiger partial charge in [0.2, 0.25) is 11.8 Å². The molecule has 128 valence electrons. The first kappa shape index (κ1) is 17.1. The predicted octanol–water partition coefficient (Wildman–Crippen LogP) is 3.38. The highest BCUT2D eigenvalue weighted by atomic mass is 35.5. The van der Waals surface area contributed by atoms with Crippen molar-refractivity contribution in [3.8, 4) is 0 Å². The molecular formula is C18H14ClFN2O3. The number of imide groups is 1. The molecule has 0 unspecified atom stereocenters. The summed E-state index contributed by atoms with van der Waals surface area (Å²) < 4.78 is 13.8. The van der Waals surface area contributed by atoms with E-state index in [1.54, 1.807) is 24.3 Å². The van der Waals surface area contributed by atoms with E-state index < -0.39 is 11.7 Å². The second kappa shape index (κ2) is 7.03. The van der Waals surface area contributed by atoms with Crippen molar-refractivity contribution in [2.75, 3.05) is 5.32 Å². The number of hydrogen-bond acceptors (Lipinski definition) is 3. The van der Waals surface area contributed by atoms with E-state index in [0.717, 1.165) is 11.6 Å². The average Bonchev–Trinajstić information content (AvgIpc) is 2.88. The van der Waals surface area contributed by atoms with E-state index in [2.05, 4.69) is 5.32 Å². The monoisotopic (exact) mass is 360 g/mol. The van der Waals surface area contributed by atoms with Gasteiger partial charge in [-0.05, 0) is 29.8 Å². The molecule has 1 aliphatic heterocycles. The Morgan fingerprint density at radius 3 is 2.32 bits per heavy atom. The van der Waals surface area contributed by atoms with E-state index in [4.69, 9.17) is 11.6 Å². The van der Waals surface area contributed by atoms with Crippen LogP contribution in [0.3, 0.4) is 0 Å². The van der Waals surface area contributed by atoms with Gasteiger partial charge in [0, 0.05) is 18.5 Å². The first-order valence-corrected chi connectivity index (χ1v) is 8.01. The molecule has 0 aromatic heterocycles. The SMILES string of the molecule is O=C(Nc1ccc(CN2C(=O)CCC2=O)cc1)c1c(F)cccc1Cl. The largest absolute Gasteiger partial charge is 0.322 e. The highest BCUT2D eigenvalue weighted by Gasteiger charge is 2.28. The van der Waals surface area contributed by atoms with E-state index in [1.807, 2.05) is 0 Å². The van der Waals surface area contributed by atoms with Crippen LogP contribution in [0.25, 0.3) is 0 Å². The third-order valence-electron chi connectivity index (χ3n) is 3.90. The Bertz CT molecular complexity index is 816. The third kappa shape index (κ3) is 3.69. The van der Waals surface area contributed by atoms with Gasteiger partial charge in [-0.1, -0.05) is 29.8 Å². The molecule has 0 spiro atoms. The highest BCUT2D eigenvalue weighted by Crippen LogP contribution is 2.21. The number of carbonyl (C=O) groups excluding carboxylic acids is 3. The molecule has 0 atom stereocenters. The van der Waals surface area contributed by atoms with E-state index >= 15 is 0 Å². The molecule has 3 rings (SSSR count). The van der Waals surface area contributed by atoms with Crippen LogP contribution in [-0.2, 0) is 16.1 Å². The summed E-state index contributed by atoms with van der Waals surface area (Å²) in [7, 11) is 0. The molecule has 2 aromatic rings. The normalized spacial score (nSPS) is 14.1. The van der Waals surface area contributed by atoms with Crippen LogP contribution in [-0.4, -0.2) is 22.6 Å². The Morgan fingerprint density at radius 2 is 1.72 bits per heavy atom. The van der Waals surface area contributed by atoms with Crippen LogP contribution >= 0.6 is 11.6 Å². The molecule has 5 nitrogen and oxygen atoms in total. The maximum Gasteiger partial charge on any atom is 0.260 e. The fourth-order valence-electron chi connectivity index (χ4n) is 2.58. The van der Waals surface area contributed by atoms with Crippen molar-refractivity contribution < 1.29 is 18.8 Å². The summed E-state index contributed by atoms with van der Waals surface area (Å²) in [5.74, 6) is -1.72. The van der Waals surface area contributed by atoms with Crippen molar-refractivity contribution in [2.45, 2.75) is 19.4 Å². The Morgan fingerprint density at radius 1 is 1.08 bits per heavy atom. The van der Waals surface area contributed by atoms with Crippen LogP contribution in [0.1, 0.15) is 28.8 Å². The van der Waals surface area contributed by atoms with Crippen molar-refractivity contribution in [3.05, 3.63) is 64.4 Å². The maximum atomic E-state index is 13.8. The number of amides is 3. The molecule has 1 N–H and O–H groups in total. The summed E-state index contributed by atoms with van der Waals surface area (Å²) in [5.41, 5.74) is 0.985. The molecule has 0 radical (unpaired) electrons. The van der Waals surface area contributed by atoms with Crippen LogP contribution < -0.4 is 5.32 Å². The van der Waals surface area contributed by atoms with Gasteiger partial charge in [-0.2, -0.15) is 0 Å². The molecular weight excluding hydrogens is 347 g/mol. The zero-order valence-corrected chi connectivity index (χ0v) is 13.8. The molecule has 3 amide bonds. The van der Waals surface area contributed by atoms with Crippen molar-refractivity contribution in [2.24, 2.45) is 0 Å². The van der Waals surface area contributed by atoms with Gasteiger partial charge in [0.15, 0.2) is 0 Å². The number of carbonyl (C=O) groups is 3. The van der Waals surface area contributed by atoms with Gasteiger partial charge >= 0.3 is 0 Å². The summed E-state index contributed by atoms with van der Waals surface area (Å²) in [6.07, 6.45) is 0.493. The van der Waals surface area contributed by atoms with Crippen molar-refractivity contribution in [3.63, 3.8) is 0 Å². The molecule has 0 aliphatic carbocycles. The minimum atomic E-state index is -0.701. The van der Waals surface area contributed by atoms with Gasteiger partial charge in [-0.3, -0.25) is 19.3 Å². The summed E-state index contributed by atoms with van der Waals surface area (Å²) in [6.45, 7) is 0.199. The minimum absolute atomic E-state index is 0.0279.